The third kappa shape index (κ3) is 3.14. The summed E-state index contributed by atoms with van der Waals surface area (Å²) in [5.74, 6) is 0.712. The highest BCUT2D eigenvalue weighted by molar-refractivity contribution is 5.57. The van der Waals surface area contributed by atoms with E-state index < -0.39 is 0 Å². The van der Waals surface area contributed by atoms with Gasteiger partial charge < -0.3 is 10.2 Å². The van der Waals surface area contributed by atoms with Gasteiger partial charge in [-0.05, 0) is 69.8 Å². The summed E-state index contributed by atoms with van der Waals surface area (Å²) in [5, 5.41) is 3.24. The van der Waals surface area contributed by atoms with Crippen LogP contribution in [0.2, 0.25) is 0 Å². The molecule has 0 heterocycles. The standard InChI is InChI=1S/C17H27FN2/c1-5-20(11-14-7-6-8-14)17-9-12(2)16(18)10-15(17)13(3)19-4/h9-10,13-14,19H,5-8,11H2,1-4H3. The molecule has 0 aromatic heterocycles. The number of nitrogens with one attached hydrogen (secondary N) is 1. The Balaban J connectivity index is 2.32. The second kappa shape index (κ2) is 6.57. The zero-order valence-electron chi connectivity index (χ0n) is 13.2. The van der Waals surface area contributed by atoms with Crippen LogP contribution >= 0.6 is 0 Å². The molecular weight excluding hydrogens is 251 g/mol. The maximum Gasteiger partial charge on any atom is 0.126 e. The highest BCUT2D eigenvalue weighted by Gasteiger charge is 2.23. The van der Waals surface area contributed by atoms with E-state index in [2.05, 4.69) is 24.1 Å². The number of anilines is 1. The van der Waals surface area contributed by atoms with E-state index in [1.807, 2.05) is 20.0 Å². The Hall–Kier alpha value is -1.09. The lowest BCUT2D eigenvalue weighted by molar-refractivity contribution is 0.318. The van der Waals surface area contributed by atoms with Gasteiger partial charge in [-0.15, -0.1) is 0 Å². The normalized spacial score (nSPS) is 16.9. The van der Waals surface area contributed by atoms with Crippen LogP contribution < -0.4 is 10.2 Å². The lowest BCUT2D eigenvalue weighted by Crippen LogP contribution is -2.33. The lowest BCUT2D eigenvalue weighted by Gasteiger charge is -2.35. The number of aryl methyl sites for hydroxylation is 1. The molecule has 0 saturated heterocycles. The predicted octanol–water partition coefficient (Wildman–Crippen LogP) is 4.04. The fourth-order valence-corrected chi connectivity index (χ4v) is 2.84. The SMILES string of the molecule is CCN(CC1CCC1)c1cc(C)c(F)cc1C(C)NC. The third-order valence-electron chi connectivity index (χ3n) is 4.63. The van der Waals surface area contributed by atoms with Gasteiger partial charge in [-0.1, -0.05) is 6.42 Å². The summed E-state index contributed by atoms with van der Waals surface area (Å²) in [4.78, 5) is 2.42. The quantitative estimate of drug-likeness (QED) is 0.845. The molecule has 1 atom stereocenters. The first kappa shape index (κ1) is 15.3. The Kier molecular flexibility index (Phi) is 5.03. The van der Waals surface area contributed by atoms with Crippen molar-refractivity contribution in [3.8, 4) is 0 Å². The second-order valence-electron chi connectivity index (χ2n) is 6.01. The van der Waals surface area contributed by atoms with Crippen molar-refractivity contribution in [3.63, 3.8) is 0 Å². The highest BCUT2D eigenvalue weighted by atomic mass is 19.1. The van der Waals surface area contributed by atoms with Crippen LogP contribution in [0.4, 0.5) is 10.1 Å². The zero-order chi connectivity index (χ0) is 14.7. The van der Waals surface area contributed by atoms with E-state index in [-0.39, 0.29) is 11.9 Å². The van der Waals surface area contributed by atoms with Gasteiger partial charge in [-0.25, -0.2) is 4.39 Å². The number of hydrogen-bond acceptors (Lipinski definition) is 2. The van der Waals surface area contributed by atoms with Crippen LogP contribution in [0.15, 0.2) is 12.1 Å². The van der Waals surface area contributed by atoms with Crippen LogP contribution in [0.25, 0.3) is 0 Å². The smallest absolute Gasteiger partial charge is 0.126 e. The molecule has 0 radical (unpaired) electrons. The van der Waals surface area contributed by atoms with Gasteiger partial charge in [0.05, 0.1) is 0 Å². The highest BCUT2D eigenvalue weighted by Crippen LogP contribution is 2.33. The summed E-state index contributed by atoms with van der Waals surface area (Å²) in [6.07, 6.45) is 4.05. The lowest BCUT2D eigenvalue weighted by atomic mass is 9.85. The van der Waals surface area contributed by atoms with Crippen molar-refractivity contribution >= 4 is 5.69 Å². The minimum absolute atomic E-state index is 0.106. The molecule has 1 N–H and O–H groups in total. The van der Waals surface area contributed by atoms with Gasteiger partial charge in [0.1, 0.15) is 5.82 Å². The summed E-state index contributed by atoms with van der Waals surface area (Å²) >= 11 is 0. The average Bonchev–Trinajstić information content (AvgIpc) is 2.40. The van der Waals surface area contributed by atoms with Gasteiger partial charge in [0.15, 0.2) is 0 Å². The molecule has 1 saturated carbocycles. The Morgan fingerprint density at radius 3 is 2.60 bits per heavy atom. The van der Waals surface area contributed by atoms with Gasteiger partial charge in [-0.2, -0.15) is 0 Å². The Labute approximate surface area is 122 Å². The molecule has 2 nitrogen and oxygen atoms in total. The van der Waals surface area contributed by atoms with Crippen molar-refractivity contribution in [2.24, 2.45) is 5.92 Å². The van der Waals surface area contributed by atoms with Crippen molar-refractivity contribution in [3.05, 3.63) is 29.1 Å². The molecule has 20 heavy (non-hydrogen) atoms. The van der Waals surface area contributed by atoms with Crippen LogP contribution in [0.1, 0.15) is 50.3 Å². The van der Waals surface area contributed by atoms with E-state index in [1.165, 1.54) is 24.9 Å². The minimum atomic E-state index is -0.106. The molecule has 0 amide bonds. The van der Waals surface area contributed by atoms with E-state index >= 15 is 0 Å². The summed E-state index contributed by atoms with van der Waals surface area (Å²) < 4.78 is 13.9. The first-order valence-electron chi connectivity index (χ1n) is 7.79. The molecular formula is C17H27FN2. The number of halogens is 1. The van der Waals surface area contributed by atoms with Crippen molar-refractivity contribution in [1.82, 2.24) is 5.32 Å². The van der Waals surface area contributed by atoms with Crippen molar-refractivity contribution in [2.45, 2.75) is 46.1 Å². The molecule has 2 rings (SSSR count). The van der Waals surface area contributed by atoms with Gasteiger partial charge >= 0.3 is 0 Å². The Morgan fingerprint density at radius 2 is 2.10 bits per heavy atom. The largest absolute Gasteiger partial charge is 0.371 e. The van der Waals surface area contributed by atoms with Gasteiger partial charge in [0.25, 0.3) is 0 Å². The summed E-state index contributed by atoms with van der Waals surface area (Å²) in [6.45, 7) is 8.20. The monoisotopic (exact) mass is 278 g/mol. The Bertz CT molecular complexity index is 455. The molecule has 1 aromatic rings. The first-order valence-corrected chi connectivity index (χ1v) is 7.79. The molecule has 1 fully saturated rings. The summed E-state index contributed by atoms with van der Waals surface area (Å²) in [7, 11) is 1.93. The van der Waals surface area contributed by atoms with E-state index in [0.29, 0.717) is 0 Å². The van der Waals surface area contributed by atoms with Gasteiger partial charge in [0, 0.05) is 24.8 Å². The summed E-state index contributed by atoms with van der Waals surface area (Å²) in [5.41, 5.74) is 3.00. The fourth-order valence-electron chi connectivity index (χ4n) is 2.84. The van der Waals surface area contributed by atoms with Crippen LogP contribution in [0, 0.1) is 18.7 Å². The molecule has 1 aromatic carbocycles. The maximum atomic E-state index is 13.9. The first-order chi connectivity index (χ1) is 9.56. The molecule has 112 valence electrons. The number of nitrogens with zero attached hydrogens (tertiary/aromatic N) is 1. The molecule has 0 bridgehead atoms. The zero-order valence-corrected chi connectivity index (χ0v) is 13.2. The topological polar surface area (TPSA) is 15.3 Å². The molecule has 0 spiro atoms. The van der Waals surface area contributed by atoms with Crippen LogP contribution in [-0.4, -0.2) is 20.1 Å². The number of benzene rings is 1. The van der Waals surface area contributed by atoms with Crippen molar-refractivity contribution in [1.29, 1.82) is 0 Å². The molecule has 1 aliphatic carbocycles. The molecule has 0 aliphatic heterocycles. The molecule has 1 unspecified atom stereocenters. The van der Waals surface area contributed by atoms with Gasteiger partial charge in [0.2, 0.25) is 0 Å². The molecule has 3 heteroatoms. The van der Waals surface area contributed by atoms with Crippen molar-refractivity contribution in [2.75, 3.05) is 25.0 Å². The fraction of sp³-hybridized carbons (Fsp3) is 0.647. The Morgan fingerprint density at radius 1 is 1.40 bits per heavy atom. The van der Waals surface area contributed by atoms with E-state index in [9.17, 15) is 4.39 Å². The van der Waals surface area contributed by atoms with Crippen LogP contribution in [0.3, 0.4) is 0 Å². The predicted molar refractivity (Wildman–Crippen MR) is 83.8 cm³/mol. The maximum absolute atomic E-state index is 13.9. The van der Waals surface area contributed by atoms with Crippen LogP contribution in [0.5, 0.6) is 0 Å². The second-order valence-corrected chi connectivity index (χ2v) is 6.01. The average molecular weight is 278 g/mol. The van der Waals surface area contributed by atoms with E-state index in [1.54, 1.807) is 6.07 Å². The van der Waals surface area contributed by atoms with E-state index in [4.69, 9.17) is 0 Å². The minimum Gasteiger partial charge on any atom is -0.371 e. The van der Waals surface area contributed by atoms with Crippen molar-refractivity contribution < 1.29 is 4.39 Å². The van der Waals surface area contributed by atoms with Gasteiger partial charge in [-0.3, -0.25) is 0 Å². The number of rotatable bonds is 6. The third-order valence-corrected chi connectivity index (χ3v) is 4.63. The van der Waals surface area contributed by atoms with Crippen LogP contribution in [-0.2, 0) is 0 Å². The molecule has 1 aliphatic rings. The number of hydrogen-bond donors (Lipinski definition) is 1. The van der Waals surface area contributed by atoms with E-state index in [0.717, 1.165) is 30.1 Å². The summed E-state index contributed by atoms with van der Waals surface area (Å²) in [6, 6.07) is 3.88.